The van der Waals surface area contributed by atoms with Crippen LogP contribution < -0.4 is 24.6 Å². The first-order valence-electron chi connectivity index (χ1n) is 11.1. The van der Waals surface area contributed by atoms with Crippen molar-refractivity contribution in [3.05, 3.63) is 54.9 Å². The highest BCUT2D eigenvalue weighted by Gasteiger charge is 2.27. The summed E-state index contributed by atoms with van der Waals surface area (Å²) in [5, 5.41) is 3.54. The van der Waals surface area contributed by atoms with Crippen LogP contribution in [0.5, 0.6) is 11.6 Å². The number of fused-ring (bicyclic) bond motifs is 1. The zero-order valence-corrected chi connectivity index (χ0v) is 18.4. The molecule has 2 aromatic heterocycles. The third-order valence-electron chi connectivity index (χ3n) is 5.95. The Labute approximate surface area is 188 Å². The summed E-state index contributed by atoms with van der Waals surface area (Å²) in [4.78, 5) is 18.1. The normalized spacial score (nSPS) is 18.6. The molecule has 3 aromatic rings. The van der Waals surface area contributed by atoms with Crippen molar-refractivity contribution in [3.8, 4) is 11.6 Å². The Morgan fingerprint density at radius 1 is 1.06 bits per heavy atom. The van der Waals surface area contributed by atoms with Gasteiger partial charge in [-0.05, 0) is 38.0 Å². The molecule has 2 aliphatic heterocycles. The summed E-state index contributed by atoms with van der Waals surface area (Å²) < 4.78 is 11.3. The molecule has 1 atom stereocenters. The highest BCUT2D eigenvalue weighted by atomic mass is 16.5. The van der Waals surface area contributed by atoms with E-state index in [1.807, 2.05) is 30.3 Å². The lowest BCUT2D eigenvalue weighted by atomic mass is 10.0. The Morgan fingerprint density at radius 2 is 1.88 bits per heavy atom. The van der Waals surface area contributed by atoms with Crippen LogP contribution in [-0.4, -0.2) is 53.8 Å². The van der Waals surface area contributed by atoms with E-state index < -0.39 is 0 Å². The zero-order valence-electron chi connectivity index (χ0n) is 18.4. The number of methoxy groups -OCH3 is 1. The van der Waals surface area contributed by atoms with Crippen molar-refractivity contribution in [3.63, 3.8) is 0 Å². The van der Waals surface area contributed by atoms with Gasteiger partial charge in [0.05, 0.1) is 19.9 Å². The second-order valence-corrected chi connectivity index (χ2v) is 8.22. The molecule has 2 aliphatic rings. The lowest BCUT2D eigenvalue weighted by molar-refractivity contribution is 0.215. The molecule has 0 spiro atoms. The second kappa shape index (κ2) is 8.90. The number of aromatic nitrogens is 3. The van der Waals surface area contributed by atoms with Crippen LogP contribution >= 0.6 is 0 Å². The van der Waals surface area contributed by atoms with Gasteiger partial charge < -0.3 is 24.6 Å². The van der Waals surface area contributed by atoms with Gasteiger partial charge in [0.25, 0.3) is 0 Å². The van der Waals surface area contributed by atoms with Crippen LogP contribution in [0.25, 0.3) is 0 Å². The minimum atomic E-state index is 0.0706. The largest absolute Gasteiger partial charge is 0.483 e. The lowest BCUT2D eigenvalue weighted by Gasteiger charge is -2.35. The number of hydrogen-bond donors (Lipinski definition) is 1. The first-order valence-corrected chi connectivity index (χ1v) is 11.1. The van der Waals surface area contributed by atoms with Crippen LogP contribution in [0.15, 0.2) is 54.9 Å². The Kier molecular flexibility index (Phi) is 5.66. The maximum Gasteiger partial charge on any atom is 0.225 e. The molecule has 166 valence electrons. The number of para-hydroxylation sites is 1. The summed E-state index contributed by atoms with van der Waals surface area (Å²) in [6.07, 6.45) is 5.65. The van der Waals surface area contributed by atoms with Crippen molar-refractivity contribution in [2.24, 2.45) is 0 Å². The quantitative estimate of drug-likeness (QED) is 0.651. The van der Waals surface area contributed by atoms with Gasteiger partial charge in [-0.1, -0.05) is 18.2 Å². The molecule has 0 aliphatic carbocycles. The van der Waals surface area contributed by atoms with E-state index >= 15 is 0 Å². The molecular formula is C24H28N6O2. The number of piperidine rings is 1. The number of rotatable bonds is 5. The summed E-state index contributed by atoms with van der Waals surface area (Å²) in [5.74, 6) is 2.82. The molecule has 1 aromatic carbocycles. The molecule has 1 fully saturated rings. The molecular weight excluding hydrogens is 404 g/mol. The Balaban J connectivity index is 1.28. The first-order chi connectivity index (χ1) is 15.7. The third kappa shape index (κ3) is 4.26. The van der Waals surface area contributed by atoms with Crippen molar-refractivity contribution < 1.29 is 9.47 Å². The van der Waals surface area contributed by atoms with E-state index in [0.717, 1.165) is 55.4 Å². The van der Waals surface area contributed by atoms with Gasteiger partial charge in [-0.3, -0.25) is 0 Å². The van der Waals surface area contributed by atoms with Gasteiger partial charge in [0.15, 0.2) is 11.6 Å². The van der Waals surface area contributed by atoms with Gasteiger partial charge in [-0.2, -0.15) is 4.98 Å². The summed E-state index contributed by atoms with van der Waals surface area (Å²) in [6, 6.07) is 14.6. The summed E-state index contributed by atoms with van der Waals surface area (Å²) >= 11 is 0. The van der Waals surface area contributed by atoms with Crippen LogP contribution in [0, 0.1) is 0 Å². The Bertz CT molecular complexity index is 1060. The first kappa shape index (κ1) is 20.4. The standard InChI is InChI=1S/C24H28N6O2/c1-17-16-30(19-6-4-3-5-7-19)23-21(32-17)15-26-24(28-23)27-18-9-12-29(13-10-18)20-8-11-25-22(14-20)31-2/h3-8,11,14-15,17-18H,9-10,12-13,16H2,1-2H3,(H,26,27,28). The summed E-state index contributed by atoms with van der Waals surface area (Å²) in [7, 11) is 1.64. The van der Waals surface area contributed by atoms with Gasteiger partial charge in [-0.25, -0.2) is 9.97 Å². The SMILES string of the molecule is COc1cc(N2CCC(Nc3ncc4c(n3)N(c3ccccc3)CC(C)O4)CC2)ccn1. The fraction of sp³-hybridized carbons (Fsp3) is 0.375. The average molecular weight is 433 g/mol. The minimum Gasteiger partial charge on any atom is -0.483 e. The molecule has 0 saturated carbocycles. The van der Waals surface area contributed by atoms with Gasteiger partial charge >= 0.3 is 0 Å². The number of nitrogens with zero attached hydrogens (tertiary/aromatic N) is 5. The maximum atomic E-state index is 5.99. The van der Waals surface area contributed by atoms with E-state index in [4.69, 9.17) is 14.5 Å². The molecule has 5 rings (SSSR count). The number of anilines is 4. The second-order valence-electron chi connectivity index (χ2n) is 8.22. The summed E-state index contributed by atoms with van der Waals surface area (Å²) in [5.41, 5.74) is 2.25. The van der Waals surface area contributed by atoms with E-state index in [1.54, 1.807) is 19.5 Å². The zero-order chi connectivity index (χ0) is 21.9. The van der Waals surface area contributed by atoms with Gasteiger partial charge in [-0.15, -0.1) is 0 Å². The highest BCUT2D eigenvalue weighted by molar-refractivity contribution is 5.67. The maximum absolute atomic E-state index is 5.99. The fourth-order valence-corrected chi connectivity index (χ4v) is 4.31. The van der Waals surface area contributed by atoms with E-state index in [1.165, 1.54) is 0 Å². The smallest absolute Gasteiger partial charge is 0.225 e. The van der Waals surface area contributed by atoms with E-state index in [2.05, 4.69) is 44.1 Å². The van der Waals surface area contributed by atoms with Crippen LogP contribution in [0.2, 0.25) is 0 Å². The summed E-state index contributed by atoms with van der Waals surface area (Å²) in [6.45, 7) is 4.72. The van der Waals surface area contributed by atoms with Crippen LogP contribution in [0.3, 0.4) is 0 Å². The fourth-order valence-electron chi connectivity index (χ4n) is 4.31. The Hall–Kier alpha value is -3.55. The molecule has 32 heavy (non-hydrogen) atoms. The molecule has 4 heterocycles. The monoisotopic (exact) mass is 432 g/mol. The van der Waals surface area contributed by atoms with Crippen molar-refractivity contribution >= 4 is 23.1 Å². The molecule has 0 amide bonds. The number of ether oxygens (including phenoxy) is 2. The third-order valence-corrected chi connectivity index (χ3v) is 5.95. The molecule has 1 unspecified atom stereocenters. The van der Waals surface area contributed by atoms with Crippen LogP contribution in [0.4, 0.5) is 23.1 Å². The van der Waals surface area contributed by atoms with Gasteiger partial charge in [0, 0.05) is 42.8 Å². The van der Waals surface area contributed by atoms with E-state index in [-0.39, 0.29) is 6.10 Å². The average Bonchev–Trinajstić information content (AvgIpc) is 2.85. The van der Waals surface area contributed by atoms with Crippen molar-refractivity contribution in [2.75, 3.05) is 41.9 Å². The topological polar surface area (TPSA) is 75.6 Å². The number of benzene rings is 1. The van der Waals surface area contributed by atoms with Gasteiger partial charge in [0.1, 0.15) is 6.10 Å². The van der Waals surface area contributed by atoms with Crippen molar-refractivity contribution in [2.45, 2.75) is 31.9 Å². The van der Waals surface area contributed by atoms with Crippen molar-refractivity contribution in [1.82, 2.24) is 15.0 Å². The molecule has 1 saturated heterocycles. The van der Waals surface area contributed by atoms with Crippen molar-refractivity contribution in [1.29, 1.82) is 0 Å². The van der Waals surface area contributed by atoms with Crippen LogP contribution in [-0.2, 0) is 0 Å². The molecule has 0 radical (unpaired) electrons. The minimum absolute atomic E-state index is 0.0706. The predicted molar refractivity (Wildman–Crippen MR) is 125 cm³/mol. The molecule has 8 heteroatoms. The highest BCUT2D eigenvalue weighted by Crippen LogP contribution is 2.36. The van der Waals surface area contributed by atoms with Gasteiger partial charge in [0.2, 0.25) is 11.8 Å². The van der Waals surface area contributed by atoms with Crippen LogP contribution in [0.1, 0.15) is 19.8 Å². The lowest BCUT2D eigenvalue weighted by Crippen LogP contribution is -2.40. The Morgan fingerprint density at radius 3 is 2.66 bits per heavy atom. The molecule has 1 N–H and O–H groups in total. The van der Waals surface area contributed by atoms with E-state index in [9.17, 15) is 0 Å². The number of pyridine rings is 1. The number of nitrogens with one attached hydrogen (secondary N) is 1. The number of hydrogen-bond acceptors (Lipinski definition) is 8. The predicted octanol–water partition coefficient (Wildman–Crippen LogP) is 3.88. The molecule has 8 nitrogen and oxygen atoms in total. The van der Waals surface area contributed by atoms with E-state index in [0.29, 0.717) is 17.9 Å². The molecule has 0 bridgehead atoms.